The Balaban J connectivity index is 2.99. The third kappa shape index (κ3) is 2.26. The van der Waals surface area contributed by atoms with Crippen LogP contribution in [0.4, 0.5) is 4.39 Å². The predicted molar refractivity (Wildman–Crippen MR) is 49.8 cm³/mol. The van der Waals surface area contributed by atoms with E-state index in [4.69, 9.17) is 10.8 Å². The lowest BCUT2D eigenvalue weighted by Crippen LogP contribution is -2.09. The first-order chi connectivity index (χ1) is 6.19. The number of nitrogens with two attached hydrogens (primary N) is 1. The number of aliphatic hydroxyl groups excluding tert-OH is 1. The third-order valence-electron chi connectivity index (χ3n) is 2.16. The molecule has 13 heavy (non-hydrogen) atoms. The molecule has 72 valence electrons. The summed E-state index contributed by atoms with van der Waals surface area (Å²) in [5.41, 5.74) is 6.77. The summed E-state index contributed by atoms with van der Waals surface area (Å²) in [7, 11) is 0. The minimum absolute atomic E-state index is 0.200. The highest BCUT2D eigenvalue weighted by atomic mass is 19.1. The molecule has 0 spiro atoms. The lowest BCUT2D eigenvalue weighted by molar-refractivity contribution is 0.275. The van der Waals surface area contributed by atoms with Crippen molar-refractivity contribution < 1.29 is 9.50 Å². The third-order valence-corrected chi connectivity index (χ3v) is 2.16. The fourth-order valence-electron chi connectivity index (χ4n) is 1.16. The maximum Gasteiger partial charge on any atom is 0.128 e. The maximum atomic E-state index is 12.9. The molecule has 1 unspecified atom stereocenters. The van der Waals surface area contributed by atoms with E-state index in [9.17, 15) is 4.39 Å². The quantitative estimate of drug-likeness (QED) is 0.743. The molecule has 3 N–H and O–H groups in total. The molecule has 0 heterocycles. The van der Waals surface area contributed by atoms with Gasteiger partial charge in [-0.05, 0) is 24.1 Å². The van der Waals surface area contributed by atoms with E-state index < -0.39 is 0 Å². The van der Waals surface area contributed by atoms with Crippen LogP contribution in [0.15, 0.2) is 18.2 Å². The number of aliphatic hydroxyl groups is 1. The highest BCUT2D eigenvalue weighted by Crippen LogP contribution is 2.17. The summed E-state index contributed by atoms with van der Waals surface area (Å²) < 4.78 is 12.9. The van der Waals surface area contributed by atoms with E-state index in [2.05, 4.69) is 0 Å². The Morgan fingerprint density at radius 3 is 2.77 bits per heavy atom. The normalized spacial score (nSPS) is 12.9. The van der Waals surface area contributed by atoms with Crippen LogP contribution in [-0.4, -0.2) is 11.7 Å². The van der Waals surface area contributed by atoms with Gasteiger partial charge in [-0.1, -0.05) is 19.1 Å². The standard InChI is InChI=1S/C10H14FNO/c1-7(5-12)8-2-3-10(11)9(4-8)6-13/h2-4,7,13H,5-6,12H2,1H3. The van der Waals surface area contributed by atoms with Crippen molar-refractivity contribution in [3.8, 4) is 0 Å². The molecular formula is C10H14FNO. The van der Waals surface area contributed by atoms with Crippen LogP contribution in [0.2, 0.25) is 0 Å². The van der Waals surface area contributed by atoms with Crippen LogP contribution in [-0.2, 0) is 6.61 Å². The van der Waals surface area contributed by atoms with Crippen LogP contribution in [0.1, 0.15) is 24.0 Å². The molecule has 0 fully saturated rings. The number of halogens is 1. The maximum absolute atomic E-state index is 12.9. The summed E-state index contributed by atoms with van der Waals surface area (Å²) in [5, 5.41) is 8.83. The summed E-state index contributed by atoms with van der Waals surface area (Å²) >= 11 is 0. The first-order valence-electron chi connectivity index (χ1n) is 4.28. The van der Waals surface area contributed by atoms with E-state index in [1.165, 1.54) is 6.07 Å². The summed E-state index contributed by atoms with van der Waals surface area (Å²) in [6, 6.07) is 4.73. The number of hydrogen-bond acceptors (Lipinski definition) is 2. The fraction of sp³-hybridized carbons (Fsp3) is 0.400. The van der Waals surface area contributed by atoms with E-state index in [-0.39, 0.29) is 18.3 Å². The van der Waals surface area contributed by atoms with Crippen molar-refractivity contribution in [2.75, 3.05) is 6.54 Å². The van der Waals surface area contributed by atoms with Crippen molar-refractivity contribution in [2.24, 2.45) is 5.73 Å². The zero-order valence-electron chi connectivity index (χ0n) is 7.63. The van der Waals surface area contributed by atoms with E-state index in [0.29, 0.717) is 12.1 Å². The molecule has 0 aromatic heterocycles. The van der Waals surface area contributed by atoms with Gasteiger partial charge in [0.05, 0.1) is 6.61 Å². The largest absolute Gasteiger partial charge is 0.392 e. The van der Waals surface area contributed by atoms with Crippen molar-refractivity contribution >= 4 is 0 Å². The first-order valence-corrected chi connectivity index (χ1v) is 4.28. The molecule has 1 rings (SSSR count). The van der Waals surface area contributed by atoms with E-state index in [1.807, 2.05) is 6.92 Å². The van der Waals surface area contributed by atoms with Gasteiger partial charge < -0.3 is 10.8 Å². The van der Waals surface area contributed by atoms with Crippen LogP contribution in [0.5, 0.6) is 0 Å². The minimum Gasteiger partial charge on any atom is -0.392 e. The molecule has 0 aliphatic heterocycles. The SMILES string of the molecule is CC(CN)c1ccc(F)c(CO)c1. The van der Waals surface area contributed by atoms with Crippen LogP contribution in [0.25, 0.3) is 0 Å². The lowest BCUT2D eigenvalue weighted by atomic mass is 9.99. The Kier molecular flexibility index (Phi) is 3.39. The van der Waals surface area contributed by atoms with E-state index in [1.54, 1.807) is 12.1 Å². The second-order valence-corrected chi connectivity index (χ2v) is 3.15. The first kappa shape index (κ1) is 10.2. The minimum atomic E-state index is -0.365. The predicted octanol–water partition coefficient (Wildman–Crippen LogP) is 1.38. The molecule has 0 saturated heterocycles. The topological polar surface area (TPSA) is 46.2 Å². The average Bonchev–Trinajstić information content (AvgIpc) is 2.17. The summed E-state index contributed by atoms with van der Waals surface area (Å²) in [5.74, 6) is -0.165. The van der Waals surface area contributed by atoms with Gasteiger partial charge in [-0.3, -0.25) is 0 Å². The molecule has 1 aromatic rings. The number of rotatable bonds is 3. The summed E-state index contributed by atoms with van der Waals surface area (Å²) in [4.78, 5) is 0. The molecule has 0 radical (unpaired) electrons. The molecule has 2 nitrogen and oxygen atoms in total. The molecule has 0 aliphatic carbocycles. The van der Waals surface area contributed by atoms with Crippen molar-refractivity contribution in [2.45, 2.75) is 19.4 Å². The Bertz CT molecular complexity index is 288. The van der Waals surface area contributed by atoms with E-state index >= 15 is 0 Å². The van der Waals surface area contributed by atoms with E-state index in [0.717, 1.165) is 5.56 Å². The number of hydrogen-bond donors (Lipinski definition) is 2. The molecule has 3 heteroatoms. The highest BCUT2D eigenvalue weighted by molar-refractivity contribution is 5.27. The zero-order chi connectivity index (χ0) is 9.84. The van der Waals surface area contributed by atoms with Crippen LogP contribution >= 0.6 is 0 Å². The smallest absolute Gasteiger partial charge is 0.128 e. The Morgan fingerprint density at radius 1 is 1.54 bits per heavy atom. The van der Waals surface area contributed by atoms with Crippen LogP contribution in [0.3, 0.4) is 0 Å². The molecule has 0 saturated carbocycles. The lowest BCUT2D eigenvalue weighted by Gasteiger charge is -2.10. The fourth-order valence-corrected chi connectivity index (χ4v) is 1.16. The molecule has 1 atom stereocenters. The van der Waals surface area contributed by atoms with Crippen molar-refractivity contribution in [1.29, 1.82) is 0 Å². The summed E-state index contributed by atoms with van der Waals surface area (Å²) in [6.45, 7) is 2.22. The van der Waals surface area contributed by atoms with Gasteiger partial charge in [0.1, 0.15) is 5.82 Å². The average molecular weight is 183 g/mol. The van der Waals surface area contributed by atoms with Crippen LogP contribution in [0, 0.1) is 5.82 Å². The van der Waals surface area contributed by atoms with Gasteiger partial charge in [0.25, 0.3) is 0 Å². The van der Waals surface area contributed by atoms with Gasteiger partial charge in [-0.25, -0.2) is 4.39 Å². The number of benzene rings is 1. The van der Waals surface area contributed by atoms with Gasteiger partial charge in [-0.15, -0.1) is 0 Å². The van der Waals surface area contributed by atoms with Gasteiger partial charge in [0.15, 0.2) is 0 Å². The van der Waals surface area contributed by atoms with Crippen molar-refractivity contribution in [3.63, 3.8) is 0 Å². The zero-order valence-corrected chi connectivity index (χ0v) is 7.63. The Hall–Kier alpha value is -0.930. The highest BCUT2D eigenvalue weighted by Gasteiger charge is 2.06. The van der Waals surface area contributed by atoms with Crippen molar-refractivity contribution in [1.82, 2.24) is 0 Å². The Morgan fingerprint density at radius 2 is 2.23 bits per heavy atom. The van der Waals surface area contributed by atoms with Gasteiger partial charge in [0, 0.05) is 5.56 Å². The molecular weight excluding hydrogens is 169 g/mol. The molecule has 0 bridgehead atoms. The monoisotopic (exact) mass is 183 g/mol. The molecule has 0 amide bonds. The Labute approximate surface area is 77.2 Å². The van der Waals surface area contributed by atoms with Gasteiger partial charge >= 0.3 is 0 Å². The van der Waals surface area contributed by atoms with Gasteiger partial charge in [0.2, 0.25) is 0 Å². The summed E-state index contributed by atoms with van der Waals surface area (Å²) in [6.07, 6.45) is 0. The second-order valence-electron chi connectivity index (χ2n) is 3.15. The molecule has 1 aromatic carbocycles. The molecule has 0 aliphatic rings. The van der Waals surface area contributed by atoms with Crippen LogP contribution < -0.4 is 5.73 Å². The second kappa shape index (κ2) is 4.35. The van der Waals surface area contributed by atoms with Gasteiger partial charge in [-0.2, -0.15) is 0 Å². The van der Waals surface area contributed by atoms with Crippen molar-refractivity contribution in [3.05, 3.63) is 35.1 Å².